The summed E-state index contributed by atoms with van der Waals surface area (Å²) in [5, 5.41) is 0. The van der Waals surface area contributed by atoms with Crippen molar-refractivity contribution < 1.29 is 4.79 Å². The summed E-state index contributed by atoms with van der Waals surface area (Å²) in [6.45, 7) is 4.18. The smallest absolute Gasteiger partial charge is 0.413 e. The highest BCUT2D eigenvalue weighted by Crippen LogP contribution is 2.35. The molecule has 0 fully saturated rings. The molecule has 0 saturated carbocycles. The van der Waals surface area contributed by atoms with Gasteiger partial charge in [0.25, 0.3) is 0 Å². The van der Waals surface area contributed by atoms with Crippen molar-refractivity contribution in [3.63, 3.8) is 0 Å². The van der Waals surface area contributed by atoms with Crippen molar-refractivity contribution in [1.29, 1.82) is 0 Å². The summed E-state index contributed by atoms with van der Waals surface area (Å²) in [6.07, 6.45) is 11.5. The molecule has 2 rings (SSSR count). The Bertz CT molecular complexity index is 385. The second-order valence-corrected chi connectivity index (χ2v) is 24.0. The van der Waals surface area contributed by atoms with Crippen LogP contribution in [0.15, 0.2) is 36.0 Å². The molecule has 1 radical (unpaired) electrons. The van der Waals surface area contributed by atoms with E-state index in [2.05, 4.69) is 67.3 Å². The first-order valence-corrected chi connectivity index (χ1v) is 15.4. The fourth-order valence-corrected chi connectivity index (χ4v) is 2.18. The number of carbonyl (C=O) groups excluding carboxylic acids is 1. The average Bonchev–Trinajstić information content (AvgIpc) is 2.33. The summed E-state index contributed by atoms with van der Waals surface area (Å²) in [5.41, 5.74) is 1.24. The van der Waals surface area contributed by atoms with E-state index in [9.17, 15) is 4.79 Å². The summed E-state index contributed by atoms with van der Waals surface area (Å²) in [5.74, 6) is 2.20. The van der Waals surface area contributed by atoms with Gasteiger partial charge in [0.1, 0.15) is 5.92 Å². The Morgan fingerprint density at radius 3 is 2.50 bits per heavy atom. The number of ketones is 1. The molecule has 0 saturated heterocycles. The van der Waals surface area contributed by atoms with Crippen LogP contribution in [0.5, 0.6) is 0 Å². The minimum absolute atomic E-state index is 0.114. The number of hydrogen-bond donors (Lipinski definition) is 0. The van der Waals surface area contributed by atoms with Gasteiger partial charge in [0.2, 0.25) is 14.6 Å². The minimum Gasteiger partial charge on any atom is -0.413 e. The highest BCUT2D eigenvalue weighted by Gasteiger charge is 2.48. The lowest BCUT2D eigenvalue weighted by Crippen LogP contribution is -2.30. The lowest BCUT2D eigenvalue weighted by atomic mass is 9.72. The lowest BCUT2D eigenvalue weighted by Gasteiger charge is -2.18. The molecule has 1 N–H and O–H groups in total. The van der Waals surface area contributed by atoms with Crippen LogP contribution in [0.4, 0.5) is 0 Å². The molecular formula is C13H16AlBr3O+. The number of allylic oxidation sites excluding steroid dienone is 6. The fraction of sp³-hybridized carbons (Fsp3) is 0.385. The largest absolute Gasteiger partial charge is 0.479 e. The average molecular weight is 455 g/mol. The Hall–Kier alpha value is 0.732. The Morgan fingerprint density at radius 1 is 1.33 bits per heavy atom. The topological polar surface area (TPSA) is 21.4 Å². The van der Waals surface area contributed by atoms with Crippen LogP contribution < -0.4 is 0 Å². The molecule has 0 aromatic carbocycles. The van der Waals surface area contributed by atoms with Gasteiger partial charge in [0.15, 0.2) is 5.92 Å². The van der Waals surface area contributed by atoms with Crippen LogP contribution in [0.1, 0.15) is 20.3 Å². The van der Waals surface area contributed by atoms with Crippen molar-refractivity contribution in [3.05, 3.63) is 41.9 Å². The maximum atomic E-state index is 10.0. The first kappa shape index (κ1) is 16.8. The van der Waals surface area contributed by atoms with Crippen LogP contribution in [0.2, 0.25) is 0 Å². The highest BCUT2D eigenvalue weighted by molar-refractivity contribution is 9.69. The van der Waals surface area contributed by atoms with Crippen LogP contribution in [0.3, 0.4) is 0 Å². The van der Waals surface area contributed by atoms with E-state index in [1.165, 1.54) is 5.57 Å². The van der Waals surface area contributed by atoms with Gasteiger partial charge in [-0.2, -0.15) is 0 Å². The van der Waals surface area contributed by atoms with Gasteiger partial charge in [0.05, 0.1) is 6.92 Å². The second kappa shape index (κ2) is 8.12. The maximum absolute atomic E-state index is 10.0. The minimum atomic E-state index is -0.701. The molecule has 0 aliphatic heterocycles. The van der Waals surface area contributed by atoms with Crippen molar-refractivity contribution in [3.8, 4) is 0 Å². The number of fused-ring (bicyclic) bond motifs is 1. The number of hydrogen-bond acceptors (Lipinski definition) is 0. The van der Waals surface area contributed by atoms with Crippen LogP contribution in [0.25, 0.3) is 0 Å². The molecule has 97 valence electrons. The maximum Gasteiger partial charge on any atom is 0.479 e. The number of halogens is 3. The van der Waals surface area contributed by atoms with Gasteiger partial charge in [-0.3, -0.25) is 0 Å². The second-order valence-electron chi connectivity index (χ2n) is 4.22. The summed E-state index contributed by atoms with van der Waals surface area (Å²) in [4.78, 5) is 10.0. The molecular weight excluding hydrogens is 439 g/mol. The van der Waals surface area contributed by atoms with Crippen molar-refractivity contribution in [2.24, 2.45) is 11.8 Å². The van der Waals surface area contributed by atoms with E-state index in [1.54, 1.807) is 0 Å². The van der Waals surface area contributed by atoms with Gasteiger partial charge in [-0.05, 0) is 18.1 Å². The number of rotatable bonds is 1. The van der Waals surface area contributed by atoms with E-state index in [0.29, 0.717) is 11.7 Å². The summed E-state index contributed by atoms with van der Waals surface area (Å²) in [7, 11) is -0.701. The SMILES string of the molecule is CCC1C=C2C=CC=CC2C(=[OH+])[C+]1C.[Br][Al-]([Br])[Br]. The molecule has 2 aliphatic carbocycles. The molecule has 0 amide bonds. The molecule has 18 heavy (non-hydrogen) atoms. The van der Waals surface area contributed by atoms with Gasteiger partial charge in [-0.15, -0.1) is 0 Å². The molecule has 2 aliphatic rings. The van der Waals surface area contributed by atoms with Crippen LogP contribution >= 0.6 is 42.2 Å². The predicted octanol–water partition coefficient (Wildman–Crippen LogP) is 4.99. The standard InChI is InChI=1S/C13H15O.Al.3BrH/c1-3-10-8-11-6-4-5-7-12(11)13(14)9(10)2;;;;/h4-8,10,12H,3H2,1-2H3;;3*1H/q+1;+2;;;/p-2. The zero-order chi connectivity index (χ0) is 13.7. The van der Waals surface area contributed by atoms with Gasteiger partial charge < -0.3 is 42.2 Å². The molecule has 2 unspecified atom stereocenters. The van der Waals surface area contributed by atoms with E-state index in [0.717, 1.165) is 12.3 Å². The molecule has 0 bridgehead atoms. The van der Waals surface area contributed by atoms with Crippen LogP contribution in [0, 0.1) is 17.8 Å². The monoisotopic (exact) mass is 452 g/mol. The summed E-state index contributed by atoms with van der Waals surface area (Å²) in [6, 6.07) is 0. The third-order valence-corrected chi connectivity index (χ3v) is 3.15. The van der Waals surface area contributed by atoms with Gasteiger partial charge in [-0.25, -0.2) is 4.79 Å². The van der Waals surface area contributed by atoms with E-state index < -0.39 is 8.67 Å². The molecule has 5 heteroatoms. The van der Waals surface area contributed by atoms with Gasteiger partial charge in [-0.1, -0.05) is 31.2 Å². The van der Waals surface area contributed by atoms with Crippen molar-refractivity contribution in [2.45, 2.75) is 20.3 Å². The molecule has 2 atom stereocenters. The Balaban J connectivity index is 0.000000357. The van der Waals surface area contributed by atoms with E-state index in [1.807, 2.05) is 19.1 Å². The zero-order valence-electron chi connectivity index (χ0n) is 10.4. The molecule has 0 aromatic rings. The summed E-state index contributed by atoms with van der Waals surface area (Å²) < 4.78 is 0. The normalized spacial score (nSPS) is 25.6. The lowest BCUT2D eigenvalue weighted by molar-refractivity contribution is 0.576. The molecule has 0 heterocycles. The van der Waals surface area contributed by atoms with Crippen molar-refractivity contribution in [2.75, 3.05) is 0 Å². The first-order chi connectivity index (χ1) is 8.47. The third-order valence-electron chi connectivity index (χ3n) is 3.15. The third kappa shape index (κ3) is 4.68. The zero-order valence-corrected chi connectivity index (χ0v) is 16.3. The van der Waals surface area contributed by atoms with Gasteiger partial charge >= 0.3 is 5.78 Å². The van der Waals surface area contributed by atoms with Crippen molar-refractivity contribution >= 4 is 56.6 Å². The molecule has 0 aromatic heterocycles. The van der Waals surface area contributed by atoms with Crippen molar-refractivity contribution in [1.82, 2.24) is 0 Å². The first-order valence-electron chi connectivity index (χ1n) is 5.85. The predicted molar refractivity (Wildman–Crippen MR) is 92.0 cm³/mol. The van der Waals surface area contributed by atoms with E-state index >= 15 is 0 Å². The van der Waals surface area contributed by atoms with Crippen LogP contribution in [-0.4, -0.2) is 19.2 Å². The van der Waals surface area contributed by atoms with E-state index in [-0.39, 0.29) is 5.92 Å². The van der Waals surface area contributed by atoms with Gasteiger partial charge in [0, 0.05) is 0 Å². The molecule has 1 nitrogen and oxygen atoms in total. The highest BCUT2D eigenvalue weighted by atomic mass is 80.0. The van der Waals surface area contributed by atoms with Crippen LogP contribution in [-0.2, 0) is 0 Å². The quantitative estimate of drug-likeness (QED) is 0.302. The Morgan fingerprint density at radius 2 is 1.94 bits per heavy atom. The molecule has 0 spiro atoms. The van der Waals surface area contributed by atoms with E-state index in [4.69, 9.17) is 0 Å². The fourth-order valence-electron chi connectivity index (χ4n) is 2.18. The summed E-state index contributed by atoms with van der Waals surface area (Å²) >= 11 is 9.73. The Kier molecular flexibility index (Phi) is 7.57. The Labute approximate surface area is 134 Å².